The van der Waals surface area contributed by atoms with Gasteiger partial charge in [0.15, 0.2) is 0 Å². The predicted molar refractivity (Wildman–Crippen MR) is 84.5 cm³/mol. The Bertz CT molecular complexity index is 687. The van der Waals surface area contributed by atoms with E-state index in [-0.39, 0.29) is 16.8 Å². The number of nitrogens with zero attached hydrogens (tertiary/aromatic N) is 3. The number of hydrogen-bond donors (Lipinski definition) is 0. The Hall–Kier alpha value is -1.73. The lowest BCUT2D eigenvalue weighted by atomic mass is 10.2. The van der Waals surface area contributed by atoms with Crippen molar-refractivity contribution in [2.75, 3.05) is 6.61 Å². The molecule has 2 bridgehead atoms. The molecule has 0 aromatic carbocycles. The fraction of sp³-hybridized carbons (Fsp3) is 0.267. The predicted octanol–water partition coefficient (Wildman–Crippen LogP) is 3.84. The third kappa shape index (κ3) is 2.07. The average molecular weight is 331 g/mol. The Morgan fingerprint density at radius 3 is 2.91 bits per heavy atom. The third-order valence-electron chi connectivity index (χ3n) is 3.55. The summed E-state index contributed by atoms with van der Waals surface area (Å²) in [5.74, 6) is 0. The van der Waals surface area contributed by atoms with Crippen molar-refractivity contribution in [1.82, 2.24) is 14.9 Å². The number of carbonyl (C=O) groups is 1. The van der Waals surface area contributed by atoms with Crippen LogP contribution in [0.1, 0.15) is 28.9 Å². The van der Waals surface area contributed by atoms with Crippen LogP contribution in [0.25, 0.3) is 0 Å². The third-order valence-corrected chi connectivity index (χ3v) is 6.09. The van der Waals surface area contributed by atoms with Crippen molar-refractivity contribution in [1.29, 1.82) is 0 Å². The maximum atomic E-state index is 12.5. The highest BCUT2D eigenvalue weighted by Gasteiger charge is 2.46. The lowest BCUT2D eigenvalue weighted by molar-refractivity contribution is 0.0950. The number of aromatic nitrogens is 2. The van der Waals surface area contributed by atoms with Gasteiger partial charge in [-0.1, -0.05) is 29.6 Å². The number of rotatable bonds is 1. The maximum Gasteiger partial charge on any atom is 0.412 e. The number of amides is 1. The SMILES string of the molecule is CCOC(=O)N1C2Sc3cccnc3C1Sc1ncccc12. The van der Waals surface area contributed by atoms with Crippen molar-refractivity contribution in [2.24, 2.45) is 0 Å². The fourth-order valence-corrected chi connectivity index (χ4v) is 5.45. The zero-order valence-corrected chi connectivity index (χ0v) is 13.4. The lowest BCUT2D eigenvalue weighted by Gasteiger charge is -2.44. The second kappa shape index (κ2) is 5.48. The molecule has 2 aliphatic rings. The lowest BCUT2D eigenvalue weighted by Crippen LogP contribution is -2.41. The molecule has 0 radical (unpaired) electrons. The van der Waals surface area contributed by atoms with Crippen LogP contribution in [0.3, 0.4) is 0 Å². The number of pyridine rings is 2. The molecule has 0 N–H and O–H groups in total. The van der Waals surface area contributed by atoms with Crippen LogP contribution < -0.4 is 0 Å². The van der Waals surface area contributed by atoms with Gasteiger partial charge in [0.2, 0.25) is 0 Å². The maximum absolute atomic E-state index is 12.5. The van der Waals surface area contributed by atoms with Gasteiger partial charge in [-0.05, 0) is 25.1 Å². The standard InChI is InChI=1S/C15H13N3O2S2/c1-2-20-15(19)18-13-9-5-3-8-17-12(9)22-14(18)11-10(21-13)6-4-7-16-11/h3-8,13-14H,2H2,1H3. The summed E-state index contributed by atoms with van der Waals surface area (Å²) in [5.41, 5.74) is 1.95. The molecule has 5 nitrogen and oxygen atoms in total. The molecule has 4 heterocycles. The number of fused-ring (bicyclic) bond motifs is 6. The second-order valence-corrected chi connectivity index (χ2v) is 7.02. The van der Waals surface area contributed by atoms with Crippen LogP contribution in [-0.4, -0.2) is 27.6 Å². The molecule has 2 aliphatic heterocycles. The summed E-state index contributed by atoms with van der Waals surface area (Å²) in [4.78, 5) is 24.3. The van der Waals surface area contributed by atoms with Gasteiger partial charge in [-0.15, -0.1) is 0 Å². The Morgan fingerprint density at radius 2 is 2.05 bits per heavy atom. The van der Waals surface area contributed by atoms with Crippen LogP contribution in [0.15, 0.2) is 46.6 Å². The molecule has 4 rings (SSSR count). The molecule has 2 atom stereocenters. The molecule has 0 spiro atoms. The monoisotopic (exact) mass is 331 g/mol. The number of hydrogen-bond acceptors (Lipinski definition) is 6. The molecule has 22 heavy (non-hydrogen) atoms. The molecule has 2 aromatic heterocycles. The van der Waals surface area contributed by atoms with Gasteiger partial charge < -0.3 is 4.74 Å². The molecule has 0 saturated heterocycles. The zero-order chi connectivity index (χ0) is 15.1. The van der Waals surface area contributed by atoms with Gasteiger partial charge in [-0.25, -0.2) is 9.78 Å². The van der Waals surface area contributed by atoms with Gasteiger partial charge in [-0.3, -0.25) is 9.88 Å². The van der Waals surface area contributed by atoms with Gasteiger partial charge in [-0.2, -0.15) is 0 Å². The Morgan fingerprint density at radius 1 is 1.23 bits per heavy atom. The highest BCUT2D eigenvalue weighted by atomic mass is 32.2. The Balaban J connectivity index is 1.85. The first-order chi connectivity index (χ1) is 10.8. The minimum absolute atomic E-state index is 0.120. The van der Waals surface area contributed by atoms with E-state index in [1.165, 1.54) is 0 Å². The molecule has 112 valence electrons. The first kappa shape index (κ1) is 13.9. The smallest absolute Gasteiger partial charge is 0.412 e. The Labute approximate surface area is 136 Å². The van der Waals surface area contributed by atoms with E-state index in [1.807, 2.05) is 25.1 Å². The van der Waals surface area contributed by atoms with Gasteiger partial charge in [0, 0.05) is 22.9 Å². The fourth-order valence-electron chi connectivity index (χ4n) is 2.63. The number of carbonyl (C=O) groups excluding carboxylic acids is 1. The van der Waals surface area contributed by atoms with Crippen LogP contribution in [0.2, 0.25) is 0 Å². The van der Waals surface area contributed by atoms with Gasteiger partial charge in [0.05, 0.1) is 12.3 Å². The van der Waals surface area contributed by atoms with Crippen LogP contribution in [0.4, 0.5) is 4.79 Å². The highest BCUT2D eigenvalue weighted by Crippen LogP contribution is 2.59. The van der Waals surface area contributed by atoms with Gasteiger partial charge >= 0.3 is 6.09 Å². The normalized spacial score (nSPS) is 21.8. The summed E-state index contributed by atoms with van der Waals surface area (Å²) in [5, 5.41) is 0.649. The molecule has 7 heteroatoms. The molecular weight excluding hydrogens is 318 g/mol. The summed E-state index contributed by atoms with van der Waals surface area (Å²) in [6.07, 6.45) is 3.24. The van der Waals surface area contributed by atoms with E-state index in [0.29, 0.717) is 6.61 Å². The van der Waals surface area contributed by atoms with E-state index in [1.54, 1.807) is 40.8 Å². The van der Waals surface area contributed by atoms with Crippen LogP contribution in [0, 0.1) is 0 Å². The second-order valence-electron chi connectivity index (χ2n) is 4.83. The van der Waals surface area contributed by atoms with Crippen molar-refractivity contribution in [3.63, 3.8) is 0 Å². The molecule has 2 aromatic rings. The van der Waals surface area contributed by atoms with Crippen molar-refractivity contribution in [3.05, 3.63) is 47.9 Å². The molecule has 1 amide bonds. The van der Waals surface area contributed by atoms with Crippen molar-refractivity contribution in [2.45, 2.75) is 27.6 Å². The van der Waals surface area contributed by atoms with Gasteiger partial charge in [0.1, 0.15) is 15.8 Å². The van der Waals surface area contributed by atoms with Gasteiger partial charge in [0.25, 0.3) is 0 Å². The van der Waals surface area contributed by atoms with Crippen LogP contribution in [0.5, 0.6) is 0 Å². The minimum Gasteiger partial charge on any atom is -0.450 e. The largest absolute Gasteiger partial charge is 0.450 e. The molecule has 0 aliphatic carbocycles. The summed E-state index contributed by atoms with van der Waals surface area (Å²) < 4.78 is 5.26. The van der Waals surface area contributed by atoms with E-state index in [4.69, 9.17) is 4.74 Å². The average Bonchev–Trinajstić information content (AvgIpc) is 2.55. The highest BCUT2D eigenvalue weighted by molar-refractivity contribution is 8.01. The minimum atomic E-state index is -0.302. The summed E-state index contributed by atoms with van der Waals surface area (Å²) in [6, 6.07) is 7.91. The van der Waals surface area contributed by atoms with E-state index in [0.717, 1.165) is 21.2 Å². The summed E-state index contributed by atoms with van der Waals surface area (Å²) >= 11 is 3.18. The zero-order valence-electron chi connectivity index (χ0n) is 11.8. The van der Waals surface area contributed by atoms with E-state index >= 15 is 0 Å². The van der Waals surface area contributed by atoms with Crippen LogP contribution >= 0.6 is 23.5 Å². The topological polar surface area (TPSA) is 55.3 Å². The van der Waals surface area contributed by atoms with Crippen molar-refractivity contribution >= 4 is 29.6 Å². The van der Waals surface area contributed by atoms with Crippen molar-refractivity contribution < 1.29 is 9.53 Å². The summed E-state index contributed by atoms with van der Waals surface area (Å²) in [6.45, 7) is 2.18. The van der Waals surface area contributed by atoms with E-state index < -0.39 is 0 Å². The first-order valence-corrected chi connectivity index (χ1v) is 8.73. The molecule has 0 fully saturated rings. The van der Waals surface area contributed by atoms with E-state index in [2.05, 4.69) is 16.0 Å². The molecular formula is C15H13N3O2S2. The number of ether oxygens (including phenoxy) is 1. The van der Waals surface area contributed by atoms with Crippen LogP contribution in [-0.2, 0) is 4.74 Å². The Kier molecular flexibility index (Phi) is 3.46. The summed E-state index contributed by atoms with van der Waals surface area (Å²) in [7, 11) is 0. The number of thioether (sulfide) groups is 2. The van der Waals surface area contributed by atoms with E-state index in [9.17, 15) is 4.79 Å². The first-order valence-electron chi connectivity index (χ1n) is 6.98. The molecule has 0 saturated carbocycles. The quantitative estimate of drug-likeness (QED) is 0.791. The van der Waals surface area contributed by atoms with Crippen molar-refractivity contribution in [3.8, 4) is 0 Å². The molecule has 2 unspecified atom stereocenters.